The van der Waals surface area contributed by atoms with Gasteiger partial charge in [-0.2, -0.15) is 0 Å². The van der Waals surface area contributed by atoms with Gasteiger partial charge >= 0.3 is 6.03 Å². The average molecular weight is 409 g/mol. The molecule has 3 rings (SSSR count). The van der Waals surface area contributed by atoms with Crippen LogP contribution in [0.5, 0.6) is 17.2 Å². The summed E-state index contributed by atoms with van der Waals surface area (Å²) in [7, 11) is 1.68. The first-order chi connectivity index (χ1) is 13.5. The molecule has 0 fully saturated rings. The molecule has 28 heavy (non-hydrogen) atoms. The predicted octanol–water partition coefficient (Wildman–Crippen LogP) is 3.51. The van der Waals surface area contributed by atoms with Crippen LogP contribution in [0.4, 0.5) is 9.18 Å². The van der Waals surface area contributed by atoms with Crippen molar-refractivity contribution >= 4 is 17.6 Å². The van der Waals surface area contributed by atoms with Crippen LogP contribution in [-0.2, 0) is 6.42 Å². The lowest BCUT2D eigenvalue weighted by Crippen LogP contribution is -2.40. The molecule has 0 unspecified atom stereocenters. The second kappa shape index (κ2) is 9.50. The second-order valence-electron chi connectivity index (χ2n) is 6.31. The lowest BCUT2D eigenvalue weighted by molar-refractivity contribution is 0.171. The Morgan fingerprint density at radius 1 is 1.25 bits per heavy atom. The molecule has 0 saturated heterocycles. The number of carbonyl (C=O) groups excluding carboxylic acids is 1. The van der Waals surface area contributed by atoms with Crippen molar-refractivity contribution in [1.82, 2.24) is 10.2 Å². The summed E-state index contributed by atoms with van der Waals surface area (Å²) in [5, 5.41) is 3.36. The van der Waals surface area contributed by atoms with Gasteiger partial charge in [0.2, 0.25) is 0 Å². The van der Waals surface area contributed by atoms with Gasteiger partial charge in [-0.3, -0.25) is 0 Å². The Kier molecular flexibility index (Phi) is 6.81. The number of urea groups is 1. The van der Waals surface area contributed by atoms with E-state index in [1.807, 2.05) is 12.1 Å². The maximum absolute atomic E-state index is 12.9. The molecular weight excluding hydrogens is 387 g/mol. The number of ether oxygens (including phenoxy) is 3. The van der Waals surface area contributed by atoms with Crippen molar-refractivity contribution in [2.75, 3.05) is 40.0 Å². The first-order valence-electron chi connectivity index (χ1n) is 8.98. The number of nitrogens with zero attached hydrogens (tertiary/aromatic N) is 1. The largest absolute Gasteiger partial charge is 0.492 e. The molecule has 0 aromatic heterocycles. The lowest BCUT2D eigenvalue weighted by Gasteiger charge is -2.21. The number of likely N-dealkylation sites (N-methyl/N-ethyl adjacent to an activating group) is 1. The summed E-state index contributed by atoms with van der Waals surface area (Å²) in [5.41, 5.74) is 0.955. The Labute approximate surface area is 168 Å². The average Bonchev–Trinajstić information content (AvgIpc) is 2.69. The monoisotopic (exact) mass is 408 g/mol. The van der Waals surface area contributed by atoms with Crippen LogP contribution in [-0.4, -0.2) is 50.9 Å². The van der Waals surface area contributed by atoms with Crippen molar-refractivity contribution in [3.8, 4) is 17.2 Å². The van der Waals surface area contributed by atoms with Gasteiger partial charge in [0.1, 0.15) is 31.4 Å². The number of hydrogen-bond acceptors (Lipinski definition) is 4. The maximum Gasteiger partial charge on any atom is 0.317 e. The highest BCUT2D eigenvalue weighted by Crippen LogP contribution is 2.38. The SMILES string of the molecule is CN(CCOc1ccc(F)cc1)C(=O)NCCc1cc(Cl)c2c(c1)OCCO2. The van der Waals surface area contributed by atoms with Crippen molar-refractivity contribution in [1.29, 1.82) is 0 Å². The topological polar surface area (TPSA) is 60.0 Å². The van der Waals surface area contributed by atoms with E-state index in [2.05, 4.69) is 5.32 Å². The van der Waals surface area contributed by atoms with Crippen LogP contribution in [0.1, 0.15) is 5.56 Å². The summed E-state index contributed by atoms with van der Waals surface area (Å²) in [6.07, 6.45) is 0.613. The summed E-state index contributed by atoms with van der Waals surface area (Å²) in [4.78, 5) is 13.7. The smallest absolute Gasteiger partial charge is 0.317 e. The second-order valence-corrected chi connectivity index (χ2v) is 6.71. The quantitative estimate of drug-likeness (QED) is 0.761. The molecule has 1 aliphatic rings. The number of carbonyl (C=O) groups is 1. The molecule has 2 aromatic carbocycles. The molecule has 0 aliphatic carbocycles. The summed E-state index contributed by atoms with van der Waals surface area (Å²) >= 11 is 6.22. The summed E-state index contributed by atoms with van der Waals surface area (Å²) in [6, 6.07) is 9.26. The zero-order chi connectivity index (χ0) is 19.9. The Bertz CT molecular complexity index is 817. The summed E-state index contributed by atoms with van der Waals surface area (Å²) in [6.45, 7) is 2.15. The van der Waals surface area contributed by atoms with Gasteiger partial charge in [-0.1, -0.05) is 11.6 Å². The van der Waals surface area contributed by atoms with Crippen molar-refractivity contribution in [3.63, 3.8) is 0 Å². The van der Waals surface area contributed by atoms with Crippen LogP contribution in [0, 0.1) is 5.82 Å². The number of halogens is 2. The number of benzene rings is 2. The van der Waals surface area contributed by atoms with Crippen molar-refractivity contribution in [2.45, 2.75) is 6.42 Å². The standard InChI is InChI=1S/C20H22ClFN2O4/c1-24(8-9-26-16-4-2-15(22)3-5-16)20(25)23-7-6-14-12-17(21)19-18(13-14)27-10-11-28-19/h2-5,12-13H,6-11H2,1H3,(H,23,25). The highest BCUT2D eigenvalue weighted by molar-refractivity contribution is 6.32. The third kappa shape index (κ3) is 5.42. The van der Waals surface area contributed by atoms with Crippen molar-refractivity contribution < 1.29 is 23.4 Å². The van der Waals surface area contributed by atoms with Crippen LogP contribution in [0.15, 0.2) is 36.4 Å². The van der Waals surface area contributed by atoms with Gasteiger partial charge in [-0.05, 0) is 48.4 Å². The molecule has 0 spiro atoms. The molecule has 2 aromatic rings. The van der Waals surface area contributed by atoms with E-state index < -0.39 is 0 Å². The van der Waals surface area contributed by atoms with E-state index in [1.165, 1.54) is 17.0 Å². The first-order valence-corrected chi connectivity index (χ1v) is 9.36. The molecule has 6 nitrogen and oxygen atoms in total. The minimum atomic E-state index is -0.317. The fourth-order valence-electron chi connectivity index (χ4n) is 2.69. The lowest BCUT2D eigenvalue weighted by atomic mass is 10.1. The van der Waals surface area contributed by atoms with E-state index in [1.54, 1.807) is 19.2 Å². The van der Waals surface area contributed by atoms with Gasteiger partial charge in [-0.15, -0.1) is 0 Å². The number of rotatable bonds is 7. The van der Waals surface area contributed by atoms with Crippen LogP contribution in [0.25, 0.3) is 0 Å². The van der Waals surface area contributed by atoms with E-state index >= 15 is 0 Å². The Morgan fingerprint density at radius 3 is 2.79 bits per heavy atom. The van der Waals surface area contributed by atoms with E-state index in [-0.39, 0.29) is 11.8 Å². The maximum atomic E-state index is 12.9. The zero-order valence-electron chi connectivity index (χ0n) is 15.5. The van der Waals surface area contributed by atoms with E-state index in [4.69, 9.17) is 25.8 Å². The fourth-order valence-corrected chi connectivity index (χ4v) is 2.98. The highest BCUT2D eigenvalue weighted by atomic mass is 35.5. The van der Waals surface area contributed by atoms with Gasteiger partial charge in [0.25, 0.3) is 0 Å². The molecule has 2 amide bonds. The third-order valence-electron chi connectivity index (χ3n) is 4.20. The van der Waals surface area contributed by atoms with Gasteiger partial charge in [0, 0.05) is 13.6 Å². The van der Waals surface area contributed by atoms with E-state index in [0.29, 0.717) is 61.6 Å². The van der Waals surface area contributed by atoms with Gasteiger partial charge < -0.3 is 24.4 Å². The van der Waals surface area contributed by atoms with Crippen LogP contribution >= 0.6 is 11.6 Å². The van der Waals surface area contributed by atoms with Crippen molar-refractivity contribution in [2.24, 2.45) is 0 Å². The third-order valence-corrected chi connectivity index (χ3v) is 4.48. The molecule has 0 bridgehead atoms. The number of amides is 2. The molecule has 1 aliphatic heterocycles. The van der Waals surface area contributed by atoms with E-state index in [9.17, 15) is 9.18 Å². The normalized spacial score (nSPS) is 12.4. The molecule has 0 atom stereocenters. The Balaban J connectivity index is 1.40. The molecule has 1 heterocycles. The highest BCUT2D eigenvalue weighted by Gasteiger charge is 2.16. The molecular formula is C20H22ClFN2O4. The number of nitrogens with one attached hydrogen (secondary N) is 1. The van der Waals surface area contributed by atoms with Crippen LogP contribution < -0.4 is 19.5 Å². The first kappa shape index (κ1) is 20.1. The Hall–Kier alpha value is -2.67. The van der Waals surface area contributed by atoms with Gasteiger partial charge in [0.05, 0.1) is 11.6 Å². The minimum absolute atomic E-state index is 0.202. The summed E-state index contributed by atoms with van der Waals surface area (Å²) in [5.74, 6) is 1.45. The minimum Gasteiger partial charge on any atom is -0.492 e. The molecule has 150 valence electrons. The zero-order valence-corrected chi connectivity index (χ0v) is 16.3. The fraction of sp³-hybridized carbons (Fsp3) is 0.350. The van der Waals surface area contributed by atoms with Crippen LogP contribution in [0.2, 0.25) is 5.02 Å². The molecule has 1 N–H and O–H groups in total. The van der Waals surface area contributed by atoms with Gasteiger partial charge in [0.15, 0.2) is 11.5 Å². The number of hydrogen-bond donors (Lipinski definition) is 1. The van der Waals surface area contributed by atoms with Gasteiger partial charge in [-0.25, -0.2) is 9.18 Å². The Morgan fingerprint density at radius 2 is 2.00 bits per heavy atom. The van der Waals surface area contributed by atoms with Crippen molar-refractivity contribution in [3.05, 3.63) is 52.8 Å². The van der Waals surface area contributed by atoms with Crippen LogP contribution in [0.3, 0.4) is 0 Å². The molecule has 8 heteroatoms. The molecule has 0 saturated carbocycles. The predicted molar refractivity (Wildman–Crippen MR) is 104 cm³/mol. The number of fused-ring (bicyclic) bond motifs is 1. The molecule has 0 radical (unpaired) electrons. The van der Waals surface area contributed by atoms with E-state index in [0.717, 1.165) is 5.56 Å². The summed E-state index contributed by atoms with van der Waals surface area (Å²) < 4.78 is 29.4.